The molecule has 0 saturated carbocycles. The van der Waals surface area contributed by atoms with Crippen LogP contribution in [0, 0.1) is 0 Å². The van der Waals surface area contributed by atoms with Crippen molar-refractivity contribution in [3.05, 3.63) is 35.4 Å². The summed E-state index contributed by atoms with van der Waals surface area (Å²) in [5.41, 5.74) is 3.00. The van der Waals surface area contributed by atoms with Crippen molar-refractivity contribution in [2.24, 2.45) is 0 Å². The van der Waals surface area contributed by atoms with Gasteiger partial charge in [0.2, 0.25) is 0 Å². The van der Waals surface area contributed by atoms with Gasteiger partial charge < -0.3 is 0 Å². The summed E-state index contributed by atoms with van der Waals surface area (Å²) in [7, 11) is 0. The molecule has 0 atom stereocenters. The summed E-state index contributed by atoms with van der Waals surface area (Å²) in [5, 5.41) is 0. The average Bonchev–Trinajstić information content (AvgIpc) is 2.00. The Kier molecular flexibility index (Phi) is 3.55. The minimum Gasteiger partial charge on any atom is -0.173 e. The molecule has 0 aromatic heterocycles. The first-order valence-electron chi connectivity index (χ1n) is 5.50. The number of benzene rings is 1. The van der Waals surface area contributed by atoms with E-state index < -0.39 is 0 Å². The standard InChI is InChI=1S/C14H22S/c1-13(2,3)12-8-6-11(7-9-12)10-14(4,5)15/h6-9,15H,10H2,1-5H3. The van der Waals surface area contributed by atoms with E-state index in [1.807, 2.05) is 0 Å². The lowest BCUT2D eigenvalue weighted by Crippen LogP contribution is -2.15. The van der Waals surface area contributed by atoms with Crippen LogP contribution in [0.15, 0.2) is 24.3 Å². The Morgan fingerprint density at radius 2 is 1.40 bits per heavy atom. The Morgan fingerprint density at radius 3 is 1.73 bits per heavy atom. The average molecular weight is 222 g/mol. The quantitative estimate of drug-likeness (QED) is 0.711. The summed E-state index contributed by atoms with van der Waals surface area (Å²) in [4.78, 5) is 0. The first-order valence-corrected chi connectivity index (χ1v) is 5.95. The summed E-state index contributed by atoms with van der Waals surface area (Å²) in [6.45, 7) is 11.0. The Bertz CT molecular complexity index is 309. The molecule has 0 spiro atoms. The lowest BCUT2D eigenvalue weighted by atomic mass is 9.86. The minimum atomic E-state index is 0.0727. The maximum absolute atomic E-state index is 4.55. The van der Waals surface area contributed by atoms with E-state index in [2.05, 4.69) is 71.5 Å². The van der Waals surface area contributed by atoms with Crippen molar-refractivity contribution < 1.29 is 0 Å². The Labute approximate surface area is 99.5 Å². The van der Waals surface area contributed by atoms with Gasteiger partial charge in [0.1, 0.15) is 0 Å². The van der Waals surface area contributed by atoms with E-state index in [9.17, 15) is 0 Å². The first-order chi connectivity index (χ1) is 6.68. The van der Waals surface area contributed by atoms with Crippen molar-refractivity contribution in [2.75, 3.05) is 0 Å². The van der Waals surface area contributed by atoms with Crippen LogP contribution in [0.3, 0.4) is 0 Å². The van der Waals surface area contributed by atoms with E-state index in [4.69, 9.17) is 0 Å². The SMILES string of the molecule is CC(C)(S)Cc1ccc(C(C)(C)C)cc1. The summed E-state index contributed by atoms with van der Waals surface area (Å²) >= 11 is 4.55. The third-order valence-corrected chi connectivity index (χ3v) is 2.61. The number of rotatable bonds is 2. The van der Waals surface area contributed by atoms with Gasteiger partial charge in [0.25, 0.3) is 0 Å². The molecule has 0 heterocycles. The number of hydrogen-bond donors (Lipinski definition) is 1. The predicted octanol–water partition coefficient (Wildman–Crippen LogP) is 4.24. The van der Waals surface area contributed by atoms with E-state index in [0.29, 0.717) is 0 Å². The monoisotopic (exact) mass is 222 g/mol. The van der Waals surface area contributed by atoms with Crippen molar-refractivity contribution in [2.45, 2.75) is 51.2 Å². The van der Waals surface area contributed by atoms with Crippen molar-refractivity contribution in [3.63, 3.8) is 0 Å². The van der Waals surface area contributed by atoms with Gasteiger partial charge in [-0.15, -0.1) is 0 Å². The molecule has 0 N–H and O–H groups in total. The van der Waals surface area contributed by atoms with Crippen LogP contribution in [0.2, 0.25) is 0 Å². The van der Waals surface area contributed by atoms with Crippen molar-refractivity contribution in [3.8, 4) is 0 Å². The topological polar surface area (TPSA) is 0 Å². The van der Waals surface area contributed by atoms with Crippen LogP contribution in [0.25, 0.3) is 0 Å². The highest BCUT2D eigenvalue weighted by atomic mass is 32.1. The molecule has 84 valence electrons. The minimum absolute atomic E-state index is 0.0727. The van der Waals surface area contributed by atoms with Gasteiger partial charge in [-0.3, -0.25) is 0 Å². The molecule has 0 fully saturated rings. The van der Waals surface area contributed by atoms with Crippen LogP contribution in [0.1, 0.15) is 45.7 Å². The van der Waals surface area contributed by atoms with Crippen LogP contribution in [-0.4, -0.2) is 4.75 Å². The van der Waals surface area contributed by atoms with E-state index >= 15 is 0 Å². The molecular weight excluding hydrogens is 200 g/mol. The zero-order valence-corrected chi connectivity index (χ0v) is 11.4. The molecule has 0 nitrogen and oxygen atoms in total. The molecular formula is C14H22S. The molecule has 1 heteroatoms. The van der Waals surface area contributed by atoms with Gasteiger partial charge in [-0.2, -0.15) is 12.6 Å². The molecule has 1 aromatic rings. The highest BCUT2D eigenvalue weighted by molar-refractivity contribution is 7.81. The van der Waals surface area contributed by atoms with E-state index in [-0.39, 0.29) is 10.2 Å². The molecule has 0 bridgehead atoms. The molecule has 0 saturated heterocycles. The van der Waals surface area contributed by atoms with Crippen LogP contribution in [0.5, 0.6) is 0 Å². The maximum atomic E-state index is 4.55. The highest BCUT2D eigenvalue weighted by Gasteiger charge is 2.15. The van der Waals surface area contributed by atoms with Gasteiger partial charge in [0.05, 0.1) is 0 Å². The lowest BCUT2D eigenvalue weighted by Gasteiger charge is -2.21. The van der Waals surface area contributed by atoms with Gasteiger partial charge in [0.15, 0.2) is 0 Å². The Hall–Kier alpha value is -0.430. The van der Waals surface area contributed by atoms with Gasteiger partial charge in [0, 0.05) is 4.75 Å². The van der Waals surface area contributed by atoms with Crippen LogP contribution >= 0.6 is 12.6 Å². The molecule has 0 unspecified atom stereocenters. The third kappa shape index (κ3) is 4.29. The maximum Gasteiger partial charge on any atom is 0.0113 e. The van der Waals surface area contributed by atoms with Crippen LogP contribution in [-0.2, 0) is 11.8 Å². The molecule has 0 aliphatic rings. The van der Waals surface area contributed by atoms with Gasteiger partial charge in [-0.05, 0) is 23.0 Å². The second kappa shape index (κ2) is 4.21. The van der Waals surface area contributed by atoms with Gasteiger partial charge in [-0.25, -0.2) is 0 Å². The second-order valence-electron chi connectivity index (χ2n) is 5.94. The normalized spacial score (nSPS) is 12.9. The summed E-state index contributed by atoms with van der Waals surface area (Å²) in [6.07, 6.45) is 1.01. The fourth-order valence-corrected chi connectivity index (χ4v) is 1.80. The first kappa shape index (κ1) is 12.6. The summed E-state index contributed by atoms with van der Waals surface area (Å²) in [5.74, 6) is 0. The molecule has 1 aromatic carbocycles. The highest BCUT2D eigenvalue weighted by Crippen LogP contribution is 2.24. The molecule has 1 rings (SSSR count). The Balaban J connectivity index is 2.82. The summed E-state index contributed by atoms with van der Waals surface area (Å²) < 4.78 is 0.0727. The lowest BCUT2D eigenvalue weighted by molar-refractivity contribution is 0.589. The van der Waals surface area contributed by atoms with Crippen LogP contribution < -0.4 is 0 Å². The molecule has 0 aliphatic heterocycles. The van der Waals surface area contributed by atoms with Crippen LogP contribution in [0.4, 0.5) is 0 Å². The van der Waals surface area contributed by atoms with Crippen molar-refractivity contribution in [1.82, 2.24) is 0 Å². The Morgan fingerprint density at radius 1 is 0.933 bits per heavy atom. The third-order valence-electron chi connectivity index (χ3n) is 2.46. The van der Waals surface area contributed by atoms with E-state index in [1.165, 1.54) is 11.1 Å². The largest absolute Gasteiger partial charge is 0.173 e. The molecule has 0 amide bonds. The predicted molar refractivity (Wildman–Crippen MR) is 71.9 cm³/mol. The molecule has 0 aliphatic carbocycles. The molecule has 15 heavy (non-hydrogen) atoms. The smallest absolute Gasteiger partial charge is 0.0113 e. The van der Waals surface area contributed by atoms with Gasteiger partial charge >= 0.3 is 0 Å². The number of hydrogen-bond acceptors (Lipinski definition) is 1. The van der Waals surface area contributed by atoms with E-state index in [0.717, 1.165) is 6.42 Å². The zero-order valence-electron chi connectivity index (χ0n) is 10.5. The van der Waals surface area contributed by atoms with E-state index in [1.54, 1.807) is 0 Å². The fourth-order valence-electron chi connectivity index (χ4n) is 1.62. The summed E-state index contributed by atoms with van der Waals surface area (Å²) in [6, 6.07) is 8.90. The van der Waals surface area contributed by atoms with Gasteiger partial charge in [-0.1, -0.05) is 58.9 Å². The number of thiol groups is 1. The van der Waals surface area contributed by atoms with Crippen molar-refractivity contribution >= 4 is 12.6 Å². The van der Waals surface area contributed by atoms with Crippen molar-refractivity contribution in [1.29, 1.82) is 0 Å². The fraction of sp³-hybridized carbons (Fsp3) is 0.571. The second-order valence-corrected chi connectivity index (χ2v) is 7.15. The molecule has 0 radical (unpaired) electrons. The zero-order chi connectivity index (χ0) is 11.7.